The summed E-state index contributed by atoms with van der Waals surface area (Å²) in [6.07, 6.45) is 0. The van der Waals surface area contributed by atoms with Crippen LogP contribution < -0.4 is 57.5 Å². The quantitative estimate of drug-likeness (QED) is 0.0484. The number of hydrogen-bond donors (Lipinski definition) is 0. The molecule has 10 heteroatoms. The summed E-state index contributed by atoms with van der Waals surface area (Å²) in [5.41, 5.74) is 0. The molecule has 0 N–H and O–H groups in total. The fourth-order valence-electron chi connectivity index (χ4n) is 13.6. The van der Waals surface area contributed by atoms with E-state index in [9.17, 15) is 0 Å². The van der Waals surface area contributed by atoms with Gasteiger partial charge in [-0.2, -0.15) is 0 Å². The molecule has 0 aliphatic heterocycles. The number of hydrogen-bond acceptors (Lipinski definition) is 2. The van der Waals surface area contributed by atoms with E-state index in [1.54, 1.807) is 0 Å². The summed E-state index contributed by atoms with van der Waals surface area (Å²) in [6.45, 7) is 27.9. The molecule has 0 fully saturated rings. The minimum absolute atomic E-state index is 0.106. The topological polar surface area (TPSA) is 18.5 Å². The van der Waals surface area contributed by atoms with E-state index in [-0.39, 0.29) is 20.6 Å². The van der Waals surface area contributed by atoms with Crippen molar-refractivity contribution < 1.29 is 8.85 Å². The first-order valence-corrected chi connectivity index (χ1v) is 48.4. The molecule has 0 spiro atoms. The summed E-state index contributed by atoms with van der Waals surface area (Å²) in [4.78, 5) is 0. The van der Waals surface area contributed by atoms with E-state index in [0.717, 1.165) is 10.4 Å². The Bertz CT molecular complexity index is 3660. The molecule has 0 atom stereocenters. The molecule has 0 aliphatic carbocycles. The van der Waals surface area contributed by atoms with Crippen molar-refractivity contribution in [3.63, 3.8) is 0 Å². The second-order valence-electron chi connectivity index (χ2n) is 28.7. The summed E-state index contributed by atoms with van der Waals surface area (Å²) in [5.74, 6) is 0. The first-order chi connectivity index (χ1) is 48.0. The second kappa shape index (κ2) is 36.4. The van der Waals surface area contributed by atoms with Gasteiger partial charge >= 0.3 is 237 Å². The van der Waals surface area contributed by atoms with Crippen LogP contribution in [0.5, 0.6) is 0 Å². The Labute approximate surface area is 618 Å². The van der Waals surface area contributed by atoms with Crippen molar-refractivity contribution in [3.8, 4) is 0 Å². The van der Waals surface area contributed by atoms with E-state index < -0.39 is 61.2 Å². The van der Waals surface area contributed by atoms with Crippen LogP contribution in [0, 0.1) is 0 Å². The van der Waals surface area contributed by atoms with Crippen molar-refractivity contribution in [2.24, 2.45) is 0 Å². The average Bonchev–Trinajstić information content (AvgIpc) is 0.751. The SMILES string of the molecule is CC(C)(C)P(C(=P)O[Si](c1ccccc1)(c1ccccc1)c1ccccc1)C(C)(C)C.CC(C)(C)P(C(=P)O[Si](c1ccccc1)(c1ccccc1)c1ccccc1)C(C)(C)C.c1cc[c]([Ge]([c]2ccccc2)[c]2ccccc2)cc1.c1cc[c]([Ge]([c]2ccccc2)[c]2ccccc2)cc1. The van der Waals surface area contributed by atoms with Gasteiger partial charge in [0.25, 0.3) is 16.6 Å². The summed E-state index contributed by atoms with van der Waals surface area (Å²) >= 11 is -3.26. The molecule has 0 unspecified atom stereocenters. The van der Waals surface area contributed by atoms with Crippen LogP contribution >= 0.6 is 33.6 Å². The summed E-state index contributed by atoms with van der Waals surface area (Å²) in [7, 11) is 1.39. The fraction of sp³-hybridized carbons (Fsp3) is 0.178. The molecule has 2 nitrogen and oxygen atoms in total. The third kappa shape index (κ3) is 20.3. The Morgan fingerprint density at radius 1 is 0.220 bits per heavy atom. The van der Waals surface area contributed by atoms with E-state index in [1.165, 1.54) is 57.5 Å². The van der Waals surface area contributed by atoms with Crippen molar-refractivity contribution in [3.05, 3.63) is 364 Å². The Balaban J connectivity index is 0.000000159. The van der Waals surface area contributed by atoms with Crippen molar-refractivity contribution >= 4 is 147 Å². The fourth-order valence-corrected chi connectivity index (χ4v) is 44.7. The molecule has 12 aromatic rings. The van der Waals surface area contributed by atoms with E-state index in [0.29, 0.717) is 0 Å². The van der Waals surface area contributed by atoms with Gasteiger partial charge in [-0.1, -0.05) is 283 Å². The van der Waals surface area contributed by atoms with Gasteiger partial charge in [0.1, 0.15) is 0 Å². The van der Waals surface area contributed by atoms with Crippen molar-refractivity contribution in [1.29, 1.82) is 0 Å². The van der Waals surface area contributed by atoms with Gasteiger partial charge in [-0.3, -0.25) is 0 Å². The van der Waals surface area contributed by atoms with Gasteiger partial charge in [0.2, 0.25) is 0 Å². The summed E-state index contributed by atoms with van der Waals surface area (Å²) < 4.78 is 23.6. The third-order valence-corrected chi connectivity index (χ3v) is 45.1. The van der Waals surface area contributed by atoms with Crippen LogP contribution in [-0.4, -0.2) is 76.4 Å². The molecule has 12 rings (SSSR count). The average molecular weight is 1540 g/mol. The van der Waals surface area contributed by atoms with Crippen molar-refractivity contribution in [2.45, 2.75) is 104 Å². The zero-order chi connectivity index (χ0) is 71.2. The molecule has 0 amide bonds. The van der Waals surface area contributed by atoms with E-state index in [1.807, 2.05) is 0 Å². The van der Waals surface area contributed by atoms with Crippen LogP contribution in [0.25, 0.3) is 0 Å². The van der Waals surface area contributed by atoms with E-state index in [4.69, 9.17) is 8.85 Å². The van der Waals surface area contributed by atoms with Crippen LogP contribution in [0.4, 0.5) is 0 Å². The molecule has 0 bridgehead atoms. The summed E-state index contributed by atoms with van der Waals surface area (Å²) in [5, 5.41) is 9.93. The molecule has 506 valence electrons. The van der Waals surface area contributed by atoms with Gasteiger partial charge in [0.15, 0.2) is 0 Å². The molecule has 0 saturated carbocycles. The van der Waals surface area contributed by atoms with Crippen LogP contribution in [0.2, 0.25) is 0 Å². The molecule has 100 heavy (non-hydrogen) atoms. The number of rotatable bonds is 18. The van der Waals surface area contributed by atoms with Gasteiger partial charge in [-0.05, 0) is 67.6 Å². The third-order valence-electron chi connectivity index (χ3n) is 17.0. The Morgan fingerprint density at radius 2 is 0.340 bits per heavy atom. The van der Waals surface area contributed by atoms with Gasteiger partial charge in [-0.25, -0.2) is 0 Å². The van der Waals surface area contributed by atoms with E-state index in [2.05, 4.69) is 465 Å². The van der Waals surface area contributed by atoms with E-state index >= 15 is 0 Å². The molecular formula is C90H98Ge2O2P4Si2. The standard InChI is InChI=1S/2C27H34OP2Si.2C18H15Ge/c2*1-26(2,3)30(27(4,5)6)25(29)28-31(22-16-10-7-11-17-22,23-18-12-8-13-19-23)24-20-14-9-15-21-24;2*1-4-10-16(11-5-1)19(17-12-6-2-7-13-17)18-14-8-3-9-15-18/h2*7-21,29H,1-6H3;2*1-15H. The number of benzene rings is 12. The van der Waals surface area contributed by atoms with Crippen molar-refractivity contribution in [2.75, 3.05) is 0 Å². The van der Waals surface area contributed by atoms with Crippen LogP contribution in [-0.2, 0) is 8.85 Å². The first-order valence-electron chi connectivity index (χ1n) is 34.6. The maximum atomic E-state index is 7.31. The molecular weight excluding hydrogens is 1440 g/mol. The Hall–Kier alpha value is -6.72. The molecule has 12 aromatic carbocycles. The zero-order valence-corrected chi connectivity index (χ0v) is 70.3. The predicted molar refractivity (Wildman–Crippen MR) is 458 cm³/mol. The molecule has 0 aromatic heterocycles. The van der Waals surface area contributed by atoms with Gasteiger partial charge in [0, 0.05) is 0 Å². The normalized spacial score (nSPS) is 11.9. The Kier molecular flexibility index (Phi) is 28.2. The monoisotopic (exact) mass is 1540 g/mol. The van der Waals surface area contributed by atoms with Gasteiger partial charge < -0.3 is 8.85 Å². The van der Waals surface area contributed by atoms with Crippen LogP contribution in [0.15, 0.2) is 364 Å². The second-order valence-corrected chi connectivity index (χ2v) is 55.0. The predicted octanol–water partition coefficient (Wildman–Crippen LogP) is 16.4. The van der Waals surface area contributed by atoms with Crippen LogP contribution in [0.3, 0.4) is 0 Å². The molecule has 0 aliphatic rings. The maximum absolute atomic E-state index is 7.31. The molecule has 0 heterocycles. The zero-order valence-electron chi connectivity index (χ0n) is 60.4. The van der Waals surface area contributed by atoms with Gasteiger partial charge in [0.05, 0.1) is 10.4 Å². The first kappa shape index (κ1) is 77.4. The van der Waals surface area contributed by atoms with Crippen molar-refractivity contribution in [1.82, 2.24) is 0 Å². The Morgan fingerprint density at radius 3 is 0.460 bits per heavy atom. The molecule has 2 radical (unpaired) electrons. The minimum atomic E-state index is -2.78. The molecule has 0 saturated heterocycles. The summed E-state index contributed by atoms with van der Waals surface area (Å²) in [6, 6.07) is 130. The van der Waals surface area contributed by atoms with Gasteiger partial charge in [-0.15, -0.1) is 0 Å². The van der Waals surface area contributed by atoms with Crippen LogP contribution in [0.1, 0.15) is 83.1 Å².